The van der Waals surface area contributed by atoms with Crippen LogP contribution in [0.4, 0.5) is 5.82 Å². The van der Waals surface area contributed by atoms with Crippen LogP contribution in [0.2, 0.25) is 0 Å². The summed E-state index contributed by atoms with van der Waals surface area (Å²) in [5.74, 6) is 0.978. The summed E-state index contributed by atoms with van der Waals surface area (Å²) >= 11 is 0. The lowest BCUT2D eigenvalue weighted by atomic mass is 10.1. The van der Waals surface area contributed by atoms with E-state index in [0.717, 1.165) is 33.7 Å². The molecule has 0 amide bonds. The highest BCUT2D eigenvalue weighted by Gasteiger charge is 2.08. The smallest absolute Gasteiger partial charge is 0.143 e. The molecule has 0 aliphatic rings. The lowest BCUT2D eigenvalue weighted by molar-refractivity contribution is 0.475. The molecule has 2 aromatic heterocycles. The van der Waals surface area contributed by atoms with Crippen LogP contribution < -0.4 is 5.32 Å². The fourth-order valence-electron chi connectivity index (χ4n) is 2.63. The number of fused-ring (bicyclic) bond motifs is 1. The van der Waals surface area contributed by atoms with Gasteiger partial charge in [0.25, 0.3) is 0 Å². The highest BCUT2D eigenvalue weighted by molar-refractivity contribution is 5.91. The quantitative estimate of drug-likeness (QED) is 0.519. The van der Waals surface area contributed by atoms with Gasteiger partial charge in [-0.2, -0.15) is 0 Å². The number of aromatic amines is 1. The summed E-state index contributed by atoms with van der Waals surface area (Å²) in [6.45, 7) is 0. The van der Waals surface area contributed by atoms with Crippen LogP contribution in [0.5, 0.6) is 5.75 Å². The van der Waals surface area contributed by atoms with E-state index in [1.54, 1.807) is 12.1 Å². The maximum absolute atomic E-state index is 9.43. The average Bonchev–Trinajstić information content (AvgIpc) is 3.08. The molecule has 0 aliphatic carbocycles. The third-order valence-electron chi connectivity index (χ3n) is 3.90. The maximum Gasteiger partial charge on any atom is 0.143 e. The number of H-pyrrole nitrogens is 1. The topological polar surface area (TPSA) is 73.8 Å². The van der Waals surface area contributed by atoms with E-state index in [1.807, 2.05) is 60.8 Å². The van der Waals surface area contributed by atoms with Crippen molar-refractivity contribution in [1.82, 2.24) is 15.0 Å². The minimum atomic E-state index is 0.244. The number of phenols is 1. The normalized spacial score (nSPS) is 11.2. The van der Waals surface area contributed by atoms with Crippen LogP contribution in [0, 0.1) is 0 Å². The summed E-state index contributed by atoms with van der Waals surface area (Å²) < 4.78 is 0. The molecule has 2 heterocycles. The van der Waals surface area contributed by atoms with Crippen molar-refractivity contribution >= 4 is 22.9 Å². The number of nitrogens with one attached hydrogen (secondary N) is 2. The average molecular weight is 328 g/mol. The summed E-state index contributed by atoms with van der Waals surface area (Å²) in [6, 6.07) is 19.1. The monoisotopic (exact) mass is 328 g/mol. The Morgan fingerprint density at radius 2 is 1.76 bits per heavy atom. The number of hydrogen-bond acceptors (Lipinski definition) is 4. The van der Waals surface area contributed by atoms with Gasteiger partial charge in [-0.15, -0.1) is 0 Å². The molecule has 4 aromatic rings. The summed E-state index contributed by atoms with van der Waals surface area (Å²) in [5.41, 5.74) is 3.76. The van der Waals surface area contributed by atoms with Crippen LogP contribution >= 0.6 is 0 Å². The van der Waals surface area contributed by atoms with Gasteiger partial charge in [0.1, 0.15) is 23.5 Å². The minimum Gasteiger partial charge on any atom is -0.508 e. The molecule has 0 bridgehead atoms. The van der Waals surface area contributed by atoms with Gasteiger partial charge in [0.05, 0.1) is 5.39 Å². The van der Waals surface area contributed by atoms with Crippen LogP contribution in [0.15, 0.2) is 73.2 Å². The molecule has 0 radical (unpaired) electrons. The van der Waals surface area contributed by atoms with E-state index in [1.165, 1.54) is 6.33 Å². The molecular weight excluding hydrogens is 312 g/mol. The van der Waals surface area contributed by atoms with Crippen LogP contribution in [0.1, 0.15) is 5.56 Å². The van der Waals surface area contributed by atoms with Crippen LogP contribution in [-0.2, 0) is 0 Å². The van der Waals surface area contributed by atoms with Crippen molar-refractivity contribution in [3.8, 4) is 17.0 Å². The first-order chi connectivity index (χ1) is 12.3. The van der Waals surface area contributed by atoms with E-state index in [2.05, 4.69) is 20.3 Å². The van der Waals surface area contributed by atoms with Crippen molar-refractivity contribution in [2.24, 2.45) is 0 Å². The van der Waals surface area contributed by atoms with E-state index in [0.29, 0.717) is 0 Å². The summed E-state index contributed by atoms with van der Waals surface area (Å²) in [4.78, 5) is 11.9. The Morgan fingerprint density at radius 3 is 2.56 bits per heavy atom. The number of rotatable bonds is 4. The Balaban J connectivity index is 1.63. The summed E-state index contributed by atoms with van der Waals surface area (Å²) in [7, 11) is 0. The third-order valence-corrected chi connectivity index (χ3v) is 3.90. The van der Waals surface area contributed by atoms with E-state index in [-0.39, 0.29) is 5.75 Å². The first-order valence-electron chi connectivity index (χ1n) is 7.91. The van der Waals surface area contributed by atoms with Gasteiger partial charge in [0.2, 0.25) is 0 Å². The van der Waals surface area contributed by atoms with E-state index in [4.69, 9.17) is 0 Å². The molecule has 122 valence electrons. The molecule has 5 heteroatoms. The molecule has 5 nitrogen and oxygen atoms in total. The first kappa shape index (κ1) is 15.0. The summed E-state index contributed by atoms with van der Waals surface area (Å²) in [5, 5.41) is 13.6. The minimum absolute atomic E-state index is 0.244. The predicted molar refractivity (Wildman–Crippen MR) is 100 cm³/mol. The lowest BCUT2D eigenvalue weighted by Gasteiger charge is -2.00. The fourth-order valence-corrected chi connectivity index (χ4v) is 2.63. The molecule has 0 saturated carbocycles. The number of hydrogen-bond donors (Lipinski definition) is 3. The summed E-state index contributed by atoms with van der Waals surface area (Å²) in [6.07, 6.45) is 5.38. The van der Waals surface area contributed by atoms with Crippen molar-refractivity contribution in [2.45, 2.75) is 0 Å². The van der Waals surface area contributed by atoms with Crippen molar-refractivity contribution < 1.29 is 5.11 Å². The molecule has 4 rings (SSSR count). The molecule has 25 heavy (non-hydrogen) atoms. The van der Waals surface area contributed by atoms with Crippen molar-refractivity contribution in [1.29, 1.82) is 0 Å². The van der Waals surface area contributed by atoms with Crippen LogP contribution in [-0.4, -0.2) is 20.1 Å². The molecule has 0 spiro atoms. The van der Waals surface area contributed by atoms with E-state index in [9.17, 15) is 5.11 Å². The molecule has 0 saturated heterocycles. The number of aromatic nitrogens is 3. The van der Waals surface area contributed by atoms with E-state index < -0.39 is 0 Å². The predicted octanol–water partition coefficient (Wildman–Crippen LogP) is 4.41. The van der Waals surface area contributed by atoms with Crippen molar-refractivity contribution in [2.75, 3.05) is 5.32 Å². The second-order valence-electron chi connectivity index (χ2n) is 5.60. The highest BCUT2D eigenvalue weighted by atomic mass is 16.3. The van der Waals surface area contributed by atoms with Gasteiger partial charge < -0.3 is 15.4 Å². The maximum atomic E-state index is 9.43. The van der Waals surface area contributed by atoms with Gasteiger partial charge in [0, 0.05) is 11.9 Å². The lowest BCUT2D eigenvalue weighted by Crippen LogP contribution is -1.92. The van der Waals surface area contributed by atoms with Crippen molar-refractivity contribution in [3.05, 3.63) is 78.8 Å². The standard InChI is InChI=1S/C20H16N4O/c25-16-8-6-15(7-9-16)18-12-17-19(22-13-23-20(17)24-18)21-11-10-14-4-2-1-3-5-14/h1-13,25H,(H2,21,22,23,24). The number of aromatic hydroxyl groups is 1. The van der Waals surface area contributed by atoms with Gasteiger partial charge in [0.15, 0.2) is 0 Å². The van der Waals surface area contributed by atoms with Crippen LogP contribution in [0.25, 0.3) is 28.4 Å². The van der Waals surface area contributed by atoms with Crippen LogP contribution in [0.3, 0.4) is 0 Å². The Bertz CT molecular complexity index is 1020. The third kappa shape index (κ3) is 3.21. The molecule has 2 aromatic carbocycles. The van der Waals surface area contributed by atoms with E-state index >= 15 is 0 Å². The van der Waals surface area contributed by atoms with Gasteiger partial charge >= 0.3 is 0 Å². The Hall–Kier alpha value is -3.60. The Labute approximate surface area is 144 Å². The zero-order chi connectivity index (χ0) is 17.1. The second-order valence-corrected chi connectivity index (χ2v) is 5.60. The number of anilines is 1. The highest BCUT2D eigenvalue weighted by Crippen LogP contribution is 2.27. The first-order valence-corrected chi connectivity index (χ1v) is 7.91. The molecular formula is C20H16N4O. The Morgan fingerprint density at radius 1 is 0.960 bits per heavy atom. The van der Waals surface area contributed by atoms with Crippen molar-refractivity contribution in [3.63, 3.8) is 0 Å². The number of nitrogens with zero attached hydrogens (tertiary/aromatic N) is 2. The van der Waals surface area contributed by atoms with Gasteiger partial charge in [-0.05, 0) is 47.5 Å². The Kier molecular flexibility index (Phi) is 3.88. The van der Waals surface area contributed by atoms with Gasteiger partial charge in [-0.25, -0.2) is 9.97 Å². The fraction of sp³-hybridized carbons (Fsp3) is 0. The molecule has 0 aliphatic heterocycles. The molecule has 3 N–H and O–H groups in total. The zero-order valence-electron chi connectivity index (χ0n) is 13.3. The molecule has 0 atom stereocenters. The largest absolute Gasteiger partial charge is 0.508 e. The second kappa shape index (κ2) is 6.49. The SMILES string of the molecule is Oc1ccc(-c2cc3c(NC=Cc4ccccc4)ncnc3[nH]2)cc1. The van der Waals surface area contributed by atoms with Gasteiger partial charge in [-0.1, -0.05) is 30.3 Å². The van der Waals surface area contributed by atoms with Gasteiger partial charge in [-0.3, -0.25) is 0 Å². The molecule has 0 unspecified atom stereocenters. The number of phenolic OH excluding ortho intramolecular Hbond substituents is 1. The number of benzene rings is 2. The zero-order valence-corrected chi connectivity index (χ0v) is 13.3. The molecule has 0 fully saturated rings.